The largest absolute Gasteiger partial charge is 0.466 e. The van der Waals surface area contributed by atoms with Gasteiger partial charge in [-0.2, -0.15) is 0 Å². The summed E-state index contributed by atoms with van der Waals surface area (Å²) in [7, 11) is 0. The lowest BCUT2D eigenvalue weighted by molar-refractivity contribution is -0.151. The molecule has 1 aliphatic rings. The highest BCUT2D eigenvalue weighted by atomic mass is 16.5. The van der Waals surface area contributed by atoms with E-state index in [0.717, 1.165) is 11.1 Å². The molecule has 0 bridgehead atoms. The van der Waals surface area contributed by atoms with Crippen LogP contribution in [0, 0.1) is 19.8 Å². The van der Waals surface area contributed by atoms with Crippen LogP contribution in [-0.2, 0) is 19.1 Å². The number of benzene rings is 1. The molecule has 6 heteroatoms. The average molecular weight is 347 g/mol. The Bertz CT molecular complexity index is 647. The highest BCUT2D eigenvalue weighted by Crippen LogP contribution is 2.19. The van der Waals surface area contributed by atoms with Crippen LogP contribution in [0.5, 0.6) is 0 Å². The van der Waals surface area contributed by atoms with Crippen molar-refractivity contribution in [3.63, 3.8) is 0 Å². The van der Waals surface area contributed by atoms with Crippen LogP contribution in [0.4, 0.5) is 0 Å². The zero-order chi connectivity index (χ0) is 18.4. The van der Waals surface area contributed by atoms with Crippen molar-refractivity contribution in [3.8, 4) is 0 Å². The van der Waals surface area contributed by atoms with Crippen LogP contribution in [0.15, 0.2) is 18.2 Å². The van der Waals surface area contributed by atoms with Gasteiger partial charge >= 0.3 is 11.9 Å². The van der Waals surface area contributed by atoms with Gasteiger partial charge in [-0.3, -0.25) is 9.59 Å². The van der Waals surface area contributed by atoms with Crippen molar-refractivity contribution in [1.29, 1.82) is 0 Å². The van der Waals surface area contributed by atoms with Gasteiger partial charge in [-0.05, 0) is 50.8 Å². The van der Waals surface area contributed by atoms with E-state index in [4.69, 9.17) is 9.47 Å². The number of carbonyl (C=O) groups is 3. The van der Waals surface area contributed by atoms with Crippen molar-refractivity contribution >= 4 is 17.8 Å². The molecule has 1 aromatic rings. The molecule has 0 saturated carbocycles. The van der Waals surface area contributed by atoms with E-state index in [1.165, 1.54) is 0 Å². The standard InChI is InChI=1S/C19H25NO5/c1-4-24-18(22)15-8-10-20(11-9-15)17(21)12-25-19(23)16-7-5-6-13(2)14(16)3/h5-7,15H,4,8-12H2,1-3H3. The Labute approximate surface area is 148 Å². The molecule has 25 heavy (non-hydrogen) atoms. The highest BCUT2D eigenvalue weighted by Gasteiger charge is 2.28. The summed E-state index contributed by atoms with van der Waals surface area (Å²) < 4.78 is 10.2. The Morgan fingerprint density at radius 1 is 1.12 bits per heavy atom. The Morgan fingerprint density at radius 3 is 2.44 bits per heavy atom. The van der Waals surface area contributed by atoms with E-state index in [0.29, 0.717) is 38.1 Å². The number of hydrogen-bond acceptors (Lipinski definition) is 5. The summed E-state index contributed by atoms with van der Waals surface area (Å²) in [6.45, 7) is 6.59. The van der Waals surface area contributed by atoms with Crippen LogP contribution < -0.4 is 0 Å². The third-order valence-electron chi connectivity index (χ3n) is 4.62. The molecule has 2 rings (SSSR count). The monoisotopic (exact) mass is 347 g/mol. The van der Waals surface area contributed by atoms with E-state index in [1.54, 1.807) is 24.0 Å². The zero-order valence-corrected chi connectivity index (χ0v) is 15.0. The molecule has 0 aromatic heterocycles. The molecule has 136 valence electrons. The second-order valence-electron chi connectivity index (χ2n) is 6.23. The van der Waals surface area contributed by atoms with E-state index in [-0.39, 0.29) is 24.4 Å². The van der Waals surface area contributed by atoms with Gasteiger partial charge in [0.1, 0.15) is 0 Å². The molecule has 6 nitrogen and oxygen atoms in total. The summed E-state index contributed by atoms with van der Waals surface area (Å²) in [4.78, 5) is 37.7. The molecule has 1 aromatic carbocycles. The molecule has 1 heterocycles. The quantitative estimate of drug-likeness (QED) is 0.764. The molecular formula is C19H25NO5. The predicted molar refractivity (Wildman–Crippen MR) is 92.1 cm³/mol. The first kappa shape index (κ1) is 19.0. The van der Waals surface area contributed by atoms with Crippen LogP contribution in [0.2, 0.25) is 0 Å². The number of carbonyl (C=O) groups excluding carboxylic acids is 3. The van der Waals surface area contributed by atoms with Crippen molar-refractivity contribution in [1.82, 2.24) is 4.90 Å². The Hall–Kier alpha value is -2.37. The minimum absolute atomic E-state index is 0.151. The van der Waals surface area contributed by atoms with Crippen molar-refractivity contribution in [2.45, 2.75) is 33.6 Å². The van der Waals surface area contributed by atoms with Crippen LogP contribution in [0.25, 0.3) is 0 Å². The summed E-state index contributed by atoms with van der Waals surface area (Å²) in [5, 5.41) is 0. The Balaban J connectivity index is 1.82. The summed E-state index contributed by atoms with van der Waals surface area (Å²) in [6.07, 6.45) is 1.16. The highest BCUT2D eigenvalue weighted by molar-refractivity contribution is 5.93. The lowest BCUT2D eigenvalue weighted by Crippen LogP contribution is -2.42. The van der Waals surface area contributed by atoms with Crippen molar-refractivity contribution in [2.75, 3.05) is 26.3 Å². The number of hydrogen-bond donors (Lipinski definition) is 0. The molecule has 1 aliphatic heterocycles. The molecule has 0 unspecified atom stereocenters. The van der Waals surface area contributed by atoms with Crippen molar-refractivity contribution in [2.24, 2.45) is 5.92 Å². The topological polar surface area (TPSA) is 72.9 Å². The van der Waals surface area contributed by atoms with Gasteiger partial charge < -0.3 is 14.4 Å². The van der Waals surface area contributed by atoms with E-state index in [1.807, 2.05) is 19.9 Å². The maximum Gasteiger partial charge on any atom is 0.338 e. The molecule has 0 aliphatic carbocycles. The third-order valence-corrected chi connectivity index (χ3v) is 4.62. The number of amides is 1. The normalized spacial score (nSPS) is 14.9. The van der Waals surface area contributed by atoms with Crippen LogP contribution >= 0.6 is 0 Å². The smallest absolute Gasteiger partial charge is 0.338 e. The third kappa shape index (κ3) is 4.81. The Kier molecular flexibility index (Phi) is 6.56. The van der Waals surface area contributed by atoms with E-state index in [9.17, 15) is 14.4 Å². The van der Waals surface area contributed by atoms with Crippen LogP contribution in [0.1, 0.15) is 41.3 Å². The fourth-order valence-corrected chi connectivity index (χ4v) is 2.89. The molecule has 1 saturated heterocycles. The van der Waals surface area contributed by atoms with Gasteiger partial charge in [-0.15, -0.1) is 0 Å². The molecule has 0 atom stereocenters. The second kappa shape index (κ2) is 8.65. The first-order valence-electron chi connectivity index (χ1n) is 8.61. The van der Waals surface area contributed by atoms with Crippen molar-refractivity contribution in [3.05, 3.63) is 34.9 Å². The molecule has 1 fully saturated rings. The van der Waals surface area contributed by atoms with E-state index in [2.05, 4.69) is 0 Å². The predicted octanol–water partition coefficient (Wildman–Crippen LogP) is 2.26. The van der Waals surface area contributed by atoms with Gasteiger partial charge in [0, 0.05) is 13.1 Å². The van der Waals surface area contributed by atoms with E-state index >= 15 is 0 Å². The van der Waals surface area contributed by atoms with Gasteiger partial charge in [-0.1, -0.05) is 12.1 Å². The maximum absolute atomic E-state index is 12.2. The number of likely N-dealkylation sites (tertiary alicyclic amines) is 1. The minimum Gasteiger partial charge on any atom is -0.466 e. The SMILES string of the molecule is CCOC(=O)C1CCN(C(=O)COC(=O)c2cccc(C)c2C)CC1. The summed E-state index contributed by atoms with van der Waals surface area (Å²) in [6, 6.07) is 5.41. The van der Waals surface area contributed by atoms with Crippen LogP contribution in [0.3, 0.4) is 0 Å². The molecular weight excluding hydrogens is 322 g/mol. The zero-order valence-electron chi connectivity index (χ0n) is 15.0. The van der Waals surface area contributed by atoms with Gasteiger partial charge in [-0.25, -0.2) is 4.79 Å². The van der Waals surface area contributed by atoms with Gasteiger partial charge in [0.2, 0.25) is 0 Å². The van der Waals surface area contributed by atoms with Gasteiger partial charge in [0.25, 0.3) is 5.91 Å². The first-order valence-corrected chi connectivity index (χ1v) is 8.61. The molecule has 0 radical (unpaired) electrons. The fourth-order valence-electron chi connectivity index (χ4n) is 2.89. The second-order valence-corrected chi connectivity index (χ2v) is 6.23. The van der Waals surface area contributed by atoms with Gasteiger partial charge in [0.05, 0.1) is 18.1 Å². The van der Waals surface area contributed by atoms with Crippen molar-refractivity contribution < 1.29 is 23.9 Å². The van der Waals surface area contributed by atoms with Gasteiger partial charge in [0.15, 0.2) is 6.61 Å². The minimum atomic E-state index is -0.490. The summed E-state index contributed by atoms with van der Waals surface area (Å²) >= 11 is 0. The number of nitrogens with zero attached hydrogens (tertiary/aromatic N) is 1. The molecule has 0 spiro atoms. The molecule has 1 amide bonds. The number of piperidine rings is 1. The van der Waals surface area contributed by atoms with Crippen LogP contribution in [-0.4, -0.2) is 49.0 Å². The maximum atomic E-state index is 12.2. The first-order chi connectivity index (χ1) is 11.9. The number of aryl methyl sites for hydroxylation is 1. The Morgan fingerprint density at radius 2 is 1.80 bits per heavy atom. The average Bonchev–Trinajstić information content (AvgIpc) is 2.62. The summed E-state index contributed by atoms with van der Waals surface area (Å²) in [5.74, 6) is -1.07. The molecule has 0 N–H and O–H groups in total. The fraction of sp³-hybridized carbons (Fsp3) is 0.526. The lowest BCUT2D eigenvalue weighted by atomic mass is 9.97. The van der Waals surface area contributed by atoms with E-state index < -0.39 is 5.97 Å². The lowest BCUT2D eigenvalue weighted by Gasteiger charge is -2.30. The number of rotatable bonds is 5. The number of ether oxygens (including phenoxy) is 2. The summed E-state index contributed by atoms with van der Waals surface area (Å²) in [5.41, 5.74) is 2.34. The number of esters is 2.